The molecule has 0 saturated carbocycles. The van der Waals surface area contributed by atoms with E-state index in [1.54, 1.807) is 12.1 Å². The minimum Gasteiger partial charge on any atom is -0.476 e. The van der Waals surface area contributed by atoms with Crippen molar-refractivity contribution in [3.63, 3.8) is 0 Å². The molecule has 138 valence electrons. The summed E-state index contributed by atoms with van der Waals surface area (Å²) in [7, 11) is -1.50. The average molecular weight is 388 g/mol. The van der Waals surface area contributed by atoms with Gasteiger partial charge in [0.15, 0.2) is 6.10 Å². The molecule has 2 heterocycles. The number of ether oxygens (including phenoxy) is 1. The quantitative estimate of drug-likeness (QED) is 0.839. The highest BCUT2D eigenvalue weighted by atomic mass is 35.5. The largest absolute Gasteiger partial charge is 0.476 e. The smallest absolute Gasteiger partial charge is 0.263 e. The fraction of sp³-hybridized carbons (Fsp3) is 0.562. The zero-order valence-electron chi connectivity index (χ0n) is 14.2. The van der Waals surface area contributed by atoms with Crippen LogP contribution in [-0.2, 0) is 14.8 Å². The van der Waals surface area contributed by atoms with Crippen LogP contribution in [0.1, 0.15) is 12.8 Å². The zero-order valence-corrected chi connectivity index (χ0v) is 15.8. The summed E-state index contributed by atoms with van der Waals surface area (Å²) in [4.78, 5) is 14.8. The van der Waals surface area contributed by atoms with Crippen LogP contribution in [0.15, 0.2) is 18.2 Å². The molecule has 9 heteroatoms. The summed E-state index contributed by atoms with van der Waals surface area (Å²) >= 11 is 5.97. The van der Waals surface area contributed by atoms with E-state index < -0.39 is 16.1 Å². The molecular formula is C16H22ClN3O4S. The Morgan fingerprint density at radius 3 is 2.64 bits per heavy atom. The second kappa shape index (κ2) is 7.01. The molecule has 1 aromatic carbocycles. The number of hydrogen-bond donors (Lipinski definition) is 1. The van der Waals surface area contributed by atoms with Gasteiger partial charge in [0.2, 0.25) is 10.0 Å². The summed E-state index contributed by atoms with van der Waals surface area (Å²) in [6.45, 7) is 1.78. The number of amides is 1. The molecule has 0 aliphatic carbocycles. The number of halogens is 1. The first-order valence-electron chi connectivity index (χ1n) is 8.17. The van der Waals surface area contributed by atoms with Gasteiger partial charge in [-0.2, -0.15) is 0 Å². The molecule has 0 bridgehead atoms. The lowest BCUT2D eigenvalue weighted by Crippen LogP contribution is -2.53. The maximum atomic E-state index is 12.6. The van der Waals surface area contributed by atoms with Gasteiger partial charge in [-0.25, -0.2) is 8.42 Å². The molecule has 1 amide bonds. The Kier molecular flexibility index (Phi) is 5.13. The minimum absolute atomic E-state index is 0.0648. The van der Waals surface area contributed by atoms with Gasteiger partial charge in [0, 0.05) is 11.1 Å². The fourth-order valence-corrected chi connectivity index (χ4v) is 4.19. The molecule has 0 spiro atoms. The first kappa shape index (κ1) is 18.3. The number of carbonyl (C=O) groups excluding carboxylic acids is 1. The van der Waals surface area contributed by atoms with E-state index in [2.05, 4.69) is 10.2 Å². The van der Waals surface area contributed by atoms with Crippen molar-refractivity contribution in [2.75, 3.05) is 37.2 Å². The molecule has 1 atom stereocenters. The van der Waals surface area contributed by atoms with Crippen LogP contribution >= 0.6 is 11.6 Å². The topological polar surface area (TPSA) is 79.0 Å². The number of rotatable bonds is 3. The van der Waals surface area contributed by atoms with Crippen LogP contribution in [0.5, 0.6) is 5.75 Å². The van der Waals surface area contributed by atoms with Gasteiger partial charge in [-0.05, 0) is 51.2 Å². The van der Waals surface area contributed by atoms with Gasteiger partial charge in [-0.1, -0.05) is 11.6 Å². The molecule has 0 aromatic heterocycles. The zero-order chi connectivity index (χ0) is 18.2. The Balaban J connectivity index is 1.77. The van der Waals surface area contributed by atoms with Crippen molar-refractivity contribution in [1.82, 2.24) is 10.2 Å². The standard InChI is InChI=1S/C16H22ClN3O4S/c1-19-7-5-12(6-8-19)18-16(21)15-10-20(25(2,22)23)13-9-11(17)3-4-14(13)24-15/h3-4,9,12,15H,5-8,10H2,1-2H3,(H,18,21)/t15-/m0/s1. The number of anilines is 1. The van der Waals surface area contributed by atoms with Gasteiger partial charge in [-0.15, -0.1) is 0 Å². The third kappa shape index (κ3) is 4.19. The van der Waals surface area contributed by atoms with Gasteiger partial charge in [0.1, 0.15) is 5.75 Å². The first-order chi connectivity index (χ1) is 11.7. The van der Waals surface area contributed by atoms with E-state index in [0.29, 0.717) is 16.5 Å². The molecular weight excluding hydrogens is 366 g/mol. The fourth-order valence-electron chi connectivity index (χ4n) is 3.12. The third-order valence-electron chi connectivity index (χ3n) is 4.55. The monoisotopic (exact) mass is 387 g/mol. The van der Waals surface area contributed by atoms with Crippen molar-refractivity contribution in [3.05, 3.63) is 23.2 Å². The molecule has 1 aromatic rings. The molecule has 25 heavy (non-hydrogen) atoms. The van der Waals surface area contributed by atoms with E-state index in [0.717, 1.165) is 32.2 Å². The average Bonchev–Trinajstić information content (AvgIpc) is 2.55. The highest BCUT2D eigenvalue weighted by molar-refractivity contribution is 7.92. The number of nitrogens with one attached hydrogen (secondary N) is 1. The van der Waals surface area contributed by atoms with Gasteiger partial charge in [0.05, 0.1) is 18.5 Å². The summed E-state index contributed by atoms with van der Waals surface area (Å²) in [5.41, 5.74) is 0.360. The van der Waals surface area contributed by atoms with Crippen molar-refractivity contribution in [3.8, 4) is 5.75 Å². The Morgan fingerprint density at radius 1 is 1.32 bits per heavy atom. The Labute approximate surface area is 152 Å². The summed E-state index contributed by atoms with van der Waals surface area (Å²) in [5, 5.41) is 3.39. The molecule has 2 aliphatic heterocycles. The predicted molar refractivity (Wildman–Crippen MR) is 96.7 cm³/mol. The predicted octanol–water partition coefficient (Wildman–Crippen LogP) is 1.08. The van der Waals surface area contributed by atoms with E-state index in [1.165, 1.54) is 10.4 Å². The molecule has 1 N–H and O–H groups in total. The number of hydrogen-bond acceptors (Lipinski definition) is 5. The highest BCUT2D eigenvalue weighted by Crippen LogP contribution is 2.37. The van der Waals surface area contributed by atoms with Crippen LogP contribution < -0.4 is 14.4 Å². The number of benzene rings is 1. The lowest BCUT2D eigenvalue weighted by atomic mass is 10.1. The number of piperidine rings is 1. The molecule has 2 aliphatic rings. The first-order valence-corrected chi connectivity index (χ1v) is 10.4. The van der Waals surface area contributed by atoms with Gasteiger partial charge < -0.3 is 15.0 Å². The van der Waals surface area contributed by atoms with Crippen LogP contribution in [-0.4, -0.2) is 64.3 Å². The molecule has 0 radical (unpaired) electrons. The molecule has 1 fully saturated rings. The van der Waals surface area contributed by atoms with Gasteiger partial charge in [0.25, 0.3) is 5.91 Å². The second-order valence-electron chi connectivity index (χ2n) is 6.60. The number of carbonyl (C=O) groups is 1. The van der Waals surface area contributed by atoms with Crippen molar-refractivity contribution in [2.45, 2.75) is 25.0 Å². The maximum absolute atomic E-state index is 12.6. The van der Waals surface area contributed by atoms with Crippen molar-refractivity contribution in [1.29, 1.82) is 0 Å². The van der Waals surface area contributed by atoms with Crippen molar-refractivity contribution >= 4 is 33.2 Å². The molecule has 0 unspecified atom stereocenters. The summed E-state index contributed by atoms with van der Waals surface area (Å²) in [6.07, 6.45) is 1.96. The van der Waals surface area contributed by atoms with Crippen LogP contribution in [0.25, 0.3) is 0 Å². The Bertz CT molecular complexity index is 763. The van der Waals surface area contributed by atoms with E-state index in [4.69, 9.17) is 16.3 Å². The number of fused-ring (bicyclic) bond motifs is 1. The summed E-state index contributed by atoms with van der Waals surface area (Å²) in [5.74, 6) is 0.0494. The number of sulfonamides is 1. The van der Waals surface area contributed by atoms with Gasteiger partial charge in [-0.3, -0.25) is 9.10 Å². The second-order valence-corrected chi connectivity index (χ2v) is 8.94. The normalized spacial score (nSPS) is 22.2. The SMILES string of the molecule is CN1CCC(NC(=O)[C@@H]2CN(S(C)(=O)=O)c3cc(Cl)ccc3O2)CC1. The Hall–Kier alpha value is -1.51. The minimum atomic E-state index is -3.55. The van der Waals surface area contributed by atoms with Crippen LogP contribution in [0, 0.1) is 0 Å². The molecule has 7 nitrogen and oxygen atoms in total. The number of likely N-dealkylation sites (tertiary alicyclic amines) is 1. The third-order valence-corrected chi connectivity index (χ3v) is 5.93. The summed E-state index contributed by atoms with van der Waals surface area (Å²) < 4.78 is 31.2. The molecule has 1 saturated heterocycles. The van der Waals surface area contributed by atoms with E-state index >= 15 is 0 Å². The maximum Gasteiger partial charge on any atom is 0.263 e. The van der Waals surface area contributed by atoms with Crippen molar-refractivity contribution < 1.29 is 17.9 Å². The van der Waals surface area contributed by atoms with Crippen LogP contribution in [0.4, 0.5) is 5.69 Å². The molecule has 3 rings (SSSR count). The van der Waals surface area contributed by atoms with E-state index in [1.807, 2.05) is 7.05 Å². The summed E-state index contributed by atoms with van der Waals surface area (Å²) in [6, 6.07) is 4.82. The number of nitrogens with zero attached hydrogens (tertiary/aromatic N) is 2. The van der Waals surface area contributed by atoms with Crippen molar-refractivity contribution in [2.24, 2.45) is 0 Å². The van der Waals surface area contributed by atoms with Crippen LogP contribution in [0.3, 0.4) is 0 Å². The van der Waals surface area contributed by atoms with E-state index in [9.17, 15) is 13.2 Å². The highest BCUT2D eigenvalue weighted by Gasteiger charge is 2.36. The van der Waals surface area contributed by atoms with E-state index in [-0.39, 0.29) is 18.5 Å². The van der Waals surface area contributed by atoms with Crippen LogP contribution in [0.2, 0.25) is 5.02 Å². The lowest BCUT2D eigenvalue weighted by molar-refractivity contribution is -0.128. The lowest BCUT2D eigenvalue weighted by Gasteiger charge is -2.35. The Morgan fingerprint density at radius 2 is 2.00 bits per heavy atom. The van der Waals surface area contributed by atoms with Gasteiger partial charge >= 0.3 is 0 Å².